The maximum atomic E-state index is 5.76. The molecule has 0 aliphatic heterocycles. The highest BCUT2D eigenvalue weighted by molar-refractivity contribution is 5.64. The highest BCUT2D eigenvalue weighted by Crippen LogP contribution is 2.27. The number of ether oxygens (including phenoxy) is 1. The number of nitrogen functional groups attached to an aromatic ring is 1. The molecule has 106 valence electrons. The van der Waals surface area contributed by atoms with Crippen LogP contribution >= 0.6 is 0 Å². The Labute approximate surface area is 120 Å². The van der Waals surface area contributed by atoms with Crippen LogP contribution in [0.2, 0.25) is 0 Å². The number of aromatic nitrogens is 6. The molecule has 0 saturated carbocycles. The van der Waals surface area contributed by atoms with Crippen LogP contribution in [0.15, 0.2) is 36.9 Å². The predicted molar refractivity (Wildman–Crippen MR) is 75.8 cm³/mol. The monoisotopic (exact) mass is 283 g/mol. The highest BCUT2D eigenvalue weighted by atomic mass is 16.5. The van der Waals surface area contributed by atoms with Crippen molar-refractivity contribution in [3.63, 3.8) is 0 Å². The zero-order valence-electron chi connectivity index (χ0n) is 11.3. The minimum Gasteiger partial charge on any atom is -0.493 e. The van der Waals surface area contributed by atoms with Crippen LogP contribution in [-0.4, -0.2) is 36.3 Å². The van der Waals surface area contributed by atoms with Crippen molar-refractivity contribution in [3.05, 3.63) is 36.9 Å². The van der Waals surface area contributed by atoms with Crippen LogP contribution in [0.5, 0.6) is 5.75 Å². The lowest BCUT2D eigenvalue weighted by molar-refractivity contribution is 0.341. The molecular formula is C13H13N7O. The lowest BCUT2D eigenvalue weighted by Crippen LogP contribution is -2.08. The Morgan fingerprint density at radius 1 is 1.19 bits per heavy atom. The first-order valence-corrected chi connectivity index (χ1v) is 6.36. The molecule has 0 fully saturated rings. The summed E-state index contributed by atoms with van der Waals surface area (Å²) in [5.41, 5.74) is 6.51. The Kier molecular flexibility index (Phi) is 3.42. The topological polar surface area (TPSA) is 105 Å². The van der Waals surface area contributed by atoms with Gasteiger partial charge in [-0.05, 0) is 19.1 Å². The van der Waals surface area contributed by atoms with Gasteiger partial charge in [0.25, 0.3) is 5.95 Å². The molecule has 0 aliphatic rings. The summed E-state index contributed by atoms with van der Waals surface area (Å²) in [5.74, 6) is 1.53. The maximum Gasteiger partial charge on any atom is 0.257 e. The molecule has 0 radical (unpaired) electrons. The zero-order chi connectivity index (χ0) is 14.7. The number of nitrogens with zero attached hydrogens (tertiary/aromatic N) is 6. The summed E-state index contributed by atoms with van der Waals surface area (Å²) in [6.07, 6.45) is 2.89. The fourth-order valence-electron chi connectivity index (χ4n) is 1.85. The second kappa shape index (κ2) is 5.53. The molecule has 0 atom stereocenters. The van der Waals surface area contributed by atoms with Gasteiger partial charge in [-0.1, -0.05) is 12.1 Å². The molecule has 8 nitrogen and oxygen atoms in total. The average molecular weight is 283 g/mol. The second-order valence-electron chi connectivity index (χ2n) is 4.09. The summed E-state index contributed by atoms with van der Waals surface area (Å²) in [6, 6.07) is 7.49. The quantitative estimate of drug-likeness (QED) is 0.764. The zero-order valence-corrected chi connectivity index (χ0v) is 11.3. The molecule has 1 aromatic carbocycles. The van der Waals surface area contributed by atoms with Crippen LogP contribution in [0.3, 0.4) is 0 Å². The first-order chi connectivity index (χ1) is 10.3. The van der Waals surface area contributed by atoms with Crippen molar-refractivity contribution >= 4 is 5.95 Å². The molecule has 3 rings (SSSR count). The molecule has 0 aliphatic carbocycles. The van der Waals surface area contributed by atoms with E-state index in [1.165, 1.54) is 17.3 Å². The molecular weight excluding hydrogens is 270 g/mol. The van der Waals surface area contributed by atoms with E-state index in [4.69, 9.17) is 10.5 Å². The van der Waals surface area contributed by atoms with Crippen LogP contribution in [0.1, 0.15) is 6.92 Å². The molecule has 2 heterocycles. The van der Waals surface area contributed by atoms with Gasteiger partial charge < -0.3 is 10.5 Å². The Bertz CT molecular complexity index is 742. The maximum absolute atomic E-state index is 5.76. The minimum atomic E-state index is 0.108. The Morgan fingerprint density at radius 2 is 2.05 bits per heavy atom. The lowest BCUT2D eigenvalue weighted by atomic mass is 10.2. The molecule has 2 N–H and O–H groups in total. The summed E-state index contributed by atoms with van der Waals surface area (Å²) in [5, 5.41) is 3.99. The van der Waals surface area contributed by atoms with Gasteiger partial charge in [0.15, 0.2) is 5.82 Å². The third-order valence-corrected chi connectivity index (χ3v) is 2.69. The van der Waals surface area contributed by atoms with Crippen LogP contribution in [0.25, 0.3) is 17.3 Å². The van der Waals surface area contributed by atoms with Gasteiger partial charge in [0, 0.05) is 0 Å². The number of hydrogen-bond acceptors (Lipinski definition) is 7. The minimum absolute atomic E-state index is 0.108. The number of anilines is 1. The van der Waals surface area contributed by atoms with E-state index in [0.29, 0.717) is 24.1 Å². The van der Waals surface area contributed by atoms with Gasteiger partial charge in [-0.2, -0.15) is 24.7 Å². The van der Waals surface area contributed by atoms with Crippen molar-refractivity contribution in [1.29, 1.82) is 0 Å². The summed E-state index contributed by atoms with van der Waals surface area (Å²) in [4.78, 5) is 16.5. The summed E-state index contributed by atoms with van der Waals surface area (Å²) < 4.78 is 7.01. The summed E-state index contributed by atoms with van der Waals surface area (Å²) in [6.45, 7) is 2.47. The number of benzene rings is 1. The number of hydrogen-bond donors (Lipinski definition) is 1. The van der Waals surface area contributed by atoms with E-state index >= 15 is 0 Å². The third kappa shape index (κ3) is 2.64. The van der Waals surface area contributed by atoms with Crippen molar-refractivity contribution in [3.8, 4) is 23.1 Å². The summed E-state index contributed by atoms with van der Waals surface area (Å²) >= 11 is 0. The first kappa shape index (κ1) is 13.0. The fraction of sp³-hybridized carbons (Fsp3) is 0.154. The molecule has 8 heteroatoms. The first-order valence-electron chi connectivity index (χ1n) is 6.36. The number of nitrogens with two attached hydrogens (primary N) is 1. The predicted octanol–water partition coefficient (Wildman–Crippen LogP) is 1.10. The SMILES string of the molecule is CCOc1ccccc1-c1nc(N)nc(-n2cncn2)n1. The Hall–Kier alpha value is -3.03. The van der Waals surface area contributed by atoms with Crippen LogP contribution in [0.4, 0.5) is 5.95 Å². The van der Waals surface area contributed by atoms with E-state index in [1.807, 2.05) is 31.2 Å². The van der Waals surface area contributed by atoms with Gasteiger partial charge in [-0.15, -0.1) is 0 Å². The standard InChI is InChI=1S/C13H13N7O/c1-2-21-10-6-4-3-5-9(10)11-17-12(14)19-13(18-11)20-8-15-7-16-20/h3-8H,2H2,1H3,(H2,14,17,18,19). The summed E-state index contributed by atoms with van der Waals surface area (Å²) in [7, 11) is 0. The molecule has 2 aromatic heterocycles. The van der Waals surface area contributed by atoms with Crippen molar-refractivity contribution in [2.24, 2.45) is 0 Å². The molecule has 21 heavy (non-hydrogen) atoms. The number of para-hydroxylation sites is 1. The van der Waals surface area contributed by atoms with E-state index in [0.717, 1.165) is 5.56 Å². The van der Waals surface area contributed by atoms with Crippen LogP contribution in [0, 0.1) is 0 Å². The lowest BCUT2D eigenvalue weighted by Gasteiger charge is -2.09. The normalized spacial score (nSPS) is 10.5. The molecule has 3 aromatic rings. The van der Waals surface area contributed by atoms with E-state index in [2.05, 4.69) is 25.0 Å². The largest absolute Gasteiger partial charge is 0.493 e. The molecule has 0 bridgehead atoms. The van der Waals surface area contributed by atoms with Gasteiger partial charge in [-0.25, -0.2) is 4.98 Å². The van der Waals surface area contributed by atoms with Gasteiger partial charge in [0.05, 0.1) is 12.2 Å². The second-order valence-corrected chi connectivity index (χ2v) is 4.09. The van der Waals surface area contributed by atoms with Gasteiger partial charge in [0.1, 0.15) is 18.4 Å². The van der Waals surface area contributed by atoms with Gasteiger partial charge in [-0.3, -0.25) is 0 Å². The number of rotatable bonds is 4. The van der Waals surface area contributed by atoms with Crippen molar-refractivity contribution in [2.45, 2.75) is 6.92 Å². The van der Waals surface area contributed by atoms with E-state index in [1.54, 1.807) is 0 Å². The van der Waals surface area contributed by atoms with Gasteiger partial charge in [0.2, 0.25) is 5.95 Å². The van der Waals surface area contributed by atoms with E-state index in [9.17, 15) is 0 Å². The van der Waals surface area contributed by atoms with Crippen molar-refractivity contribution in [2.75, 3.05) is 12.3 Å². The third-order valence-electron chi connectivity index (χ3n) is 2.69. The smallest absolute Gasteiger partial charge is 0.257 e. The average Bonchev–Trinajstić information content (AvgIpc) is 3.02. The molecule has 0 spiro atoms. The van der Waals surface area contributed by atoms with Crippen molar-refractivity contribution < 1.29 is 4.74 Å². The highest BCUT2D eigenvalue weighted by Gasteiger charge is 2.12. The van der Waals surface area contributed by atoms with Gasteiger partial charge >= 0.3 is 0 Å². The molecule has 0 saturated heterocycles. The Balaban J connectivity index is 2.11. The van der Waals surface area contributed by atoms with E-state index in [-0.39, 0.29) is 5.95 Å². The van der Waals surface area contributed by atoms with Crippen molar-refractivity contribution in [1.82, 2.24) is 29.7 Å². The Morgan fingerprint density at radius 3 is 2.81 bits per heavy atom. The van der Waals surface area contributed by atoms with Crippen LogP contribution in [-0.2, 0) is 0 Å². The molecule has 0 amide bonds. The van der Waals surface area contributed by atoms with E-state index < -0.39 is 0 Å². The fourth-order valence-corrected chi connectivity index (χ4v) is 1.85. The molecule has 0 unspecified atom stereocenters. The van der Waals surface area contributed by atoms with Crippen LogP contribution < -0.4 is 10.5 Å².